The smallest absolute Gasteiger partial charge is 0.261 e. The van der Waals surface area contributed by atoms with Gasteiger partial charge in [-0.15, -0.1) is 0 Å². The third-order valence-electron chi connectivity index (χ3n) is 5.67. The second kappa shape index (κ2) is 10.2. The summed E-state index contributed by atoms with van der Waals surface area (Å²) in [4.78, 5) is 13.1. The van der Waals surface area contributed by atoms with E-state index in [9.17, 15) is 13.2 Å². The van der Waals surface area contributed by atoms with Gasteiger partial charge in [0, 0.05) is 47.7 Å². The molecule has 0 saturated carbocycles. The molecule has 0 aliphatic carbocycles. The number of hydrogen-bond donors (Lipinski definition) is 2. The van der Waals surface area contributed by atoms with E-state index in [1.165, 1.54) is 19.2 Å². The minimum absolute atomic E-state index is 0.00487. The summed E-state index contributed by atoms with van der Waals surface area (Å²) in [6, 6.07) is 18.6. The number of methoxy groups -OCH3 is 2. The molecule has 1 amide bonds. The maximum Gasteiger partial charge on any atom is 0.261 e. The number of benzene rings is 3. The first kappa shape index (κ1) is 24.3. The Bertz CT molecular complexity index is 1460. The minimum Gasteiger partial charge on any atom is -0.497 e. The fraction of sp³-hybridized carbons (Fsp3) is 0.192. The molecular weight excluding hydrogens is 466 g/mol. The molecular formula is C26H27N3O5S. The van der Waals surface area contributed by atoms with Gasteiger partial charge in [-0.2, -0.15) is 0 Å². The minimum atomic E-state index is -3.90. The topological polar surface area (TPSA) is 98.7 Å². The maximum atomic E-state index is 13.1. The van der Waals surface area contributed by atoms with E-state index in [0.29, 0.717) is 29.3 Å². The van der Waals surface area contributed by atoms with Gasteiger partial charge in [0.2, 0.25) is 0 Å². The molecule has 2 N–H and O–H groups in total. The van der Waals surface area contributed by atoms with Gasteiger partial charge in [-0.05, 0) is 73.2 Å². The Morgan fingerprint density at radius 1 is 0.943 bits per heavy atom. The van der Waals surface area contributed by atoms with Gasteiger partial charge in [0.25, 0.3) is 15.9 Å². The molecule has 35 heavy (non-hydrogen) atoms. The number of sulfonamides is 1. The fourth-order valence-corrected chi connectivity index (χ4v) is 4.83. The van der Waals surface area contributed by atoms with Gasteiger partial charge in [-0.25, -0.2) is 8.42 Å². The van der Waals surface area contributed by atoms with E-state index in [1.54, 1.807) is 44.4 Å². The molecule has 1 aromatic heterocycles. The first-order chi connectivity index (χ1) is 16.8. The number of ether oxygens (including phenoxy) is 2. The molecule has 4 rings (SSSR count). The Morgan fingerprint density at radius 2 is 1.69 bits per heavy atom. The highest BCUT2D eigenvalue weighted by atomic mass is 32.2. The fourth-order valence-electron chi connectivity index (χ4n) is 3.75. The number of carbonyl (C=O) groups is 1. The first-order valence-electron chi connectivity index (χ1n) is 11.0. The number of rotatable bonds is 9. The van der Waals surface area contributed by atoms with E-state index in [1.807, 2.05) is 30.5 Å². The Labute approximate surface area is 204 Å². The van der Waals surface area contributed by atoms with Crippen LogP contribution in [0.1, 0.15) is 15.9 Å². The summed E-state index contributed by atoms with van der Waals surface area (Å²) < 4.78 is 40.7. The van der Waals surface area contributed by atoms with Crippen molar-refractivity contribution in [3.05, 3.63) is 84.1 Å². The molecule has 0 aliphatic rings. The van der Waals surface area contributed by atoms with Gasteiger partial charge >= 0.3 is 0 Å². The van der Waals surface area contributed by atoms with Gasteiger partial charge in [0.1, 0.15) is 5.75 Å². The van der Waals surface area contributed by atoms with Crippen molar-refractivity contribution in [3.63, 3.8) is 0 Å². The number of fused-ring (bicyclic) bond motifs is 1. The lowest BCUT2D eigenvalue weighted by atomic mass is 10.1. The van der Waals surface area contributed by atoms with Gasteiger partial charge in [-0.3, -0.25) is 9.52 Å². The van der Waals surface area contributed by atoms with Crippen LogP contribution >= 0.6 is 0 Å². The van der Waals surface area contributed by atoms with E-state index < -0.39 is 10.0 Å². The molecule has 8 nitrogen and oxygen atoms in total. The zero-order valence-corrected chi connectivity index (χ0v) is 20.6. The average Bonchev–Trinajstić information content (AvgIpc) is 3.25. The van der Waals surface area contributed by atoms with Crippen molar-refractivity contribution in [2.75, 3.05) is 30.9 Å². The molecule has 0 fully saturated rings. The predicted molar refractivity (Wildman–Crippen MR) is 137 cm³/mol. The third kappa shape index (κ3) is 5.47. The number of aryl methyl sites for hydroxylation is 1. The number of nitrogens with zero attached hydrogens (tertiary/aromatic N) is 1. The summed E-state index contributed by atoms with van der Waals surface area (Å²) >= 11 is 0. The number of carbonyl (C=O) groups excluding carboxylic acids is 1. The van der Waals surface area contributed by atoms with Crippen molar-refractivity contribution >= 4 is 38.2 Å². The van der Waals surface area contributed by atoms with Crippen LogP contribution in [0.5, 0.6) is 5.75 Å². The van der Waals surface area contributed by atoms with Gasteiger partial charge in [0.05, 0.1) is 18.6 Å². The third-order valence-corrected chi connectivity index (χ3v) is 7.05. The second-order valence-corrected chi connectivity index (χ2v) is 9.72. The van der Waals surface area contributed by atoms with Gasteiger partial charge < -0.3 is 19.4 Å². The molecule has 0 atom stereocenters. The SMILES string of the molecule is COCCn1ccc2cc(NC(=O)c3cc(S(=O)(=O)Nc4ccc(OC)cc4)ccc3C)ccc21. The molecule has 9 heteroatoms. The van der Waals surface area contributed by atoms with Crippen LogP contribution in [0.4, 0.5) is 11.4 Å². The summed E-state index contributed by atoms with van der Waals surface area (Å²) in [6.45, 7) is 3.10. The highest BCUT2D eigenvalue weighted by Crippen LogP contribution is 2.24. The normalized spacial score (nSPS) is 11.4. The zero-order chi connectivity index (χ0) is 25.0. The van der Waals surface area contributed by atoms with E-state index in [4.69, 9.17) is 9.47 Å². The molecule has 4 aromatic rings. The lowest BCUT2D eigenvalue weighted by Gasteiger charge is -2.12. The summed E-state index contributed by atoms with van der Waals surface area (Å²) in [6.07, 6.45) is 1.98. The Kier molecular flexibility index (Phi) is 7.09. The molecule has 0 aliphatic heterocycles. The van der Waals surface area contributed by atoms with Crippen molar-refractivity contribution < 1.29 is 22.7 Å². The molecule has 182 valence electrons. The second-order valence-electron chi connectivity index (χ2n) is 8.04. The number of hydrogen-bond acceptors (Lipinski definition) is 5. The van der Waals surface area contributed by atoms with Crippen LogP contribution < -0.4 is 14.8 Å². The Morgan fingerprint density at radius 3 is 2.40 bits per heavy atom. The summed E-state index contributed by atoms with van der Waals surface area (Å²) in [5, 5.41) is 3.86. The monoisotopic (exact) mass is 493 g/mol. The summed E-state index contributed by atoms with van der Waals surface area (Å²) in [5.74, 6) is 0.231. The number of amides is 1. The largest absolute Gasteiger partial charge is 0.497 e. The Balaban J connectivity index is 1.54. The molecule has 0 radical (unpaired) electrons. The molecule has 0 saturated heterocycles. The van der Waals surface area contributed by atoms with Crippen LogP contribution in [0.3, 0.4) is 0 Å². The number of anilines is 2. The molecule has 3 aromatic carbocycles. The lowest BCUT2D eigenvalue weighted by Crippen LogP contribution is -2.17. The van der Waals surface area contributed by atoms with Crippen molar-refractivity contribution in [2.24, 2.45) is 0 Å². The summed E-state index contributed by atoms with van der Waals surface area (Å²) in [7, 11) is -0.696. The number of nitrogens with one attached hydrogen (secondary N) is 2. The molecule has 0 bridgehead atoms. The maximum absolute atomic E-state index is 13.1. The van der Waals surface area contributed by atoms with Crippen LogP contribution in [0.2, 0.25) is 0 Å². The van der Waals surface area contributed by atoms with Crippen LogP contribution in [-0.2, 0) is 21.3 Å². The van der Waals surface area contributed by atoms with Crippen LogP contribution in [0.15, 0.2) is 77.8 Å². The quantitative estimate of drug-likeness (QED) is 0.353. The van der Waals surface area contributed by atoms with Crippen LogP contribution in [0, 0.1) is 6.92 Å². The van der Waals surface area contributed by atoms with E-state index in [0.717, 1.165) is 17.4 Å². The first-order valence-corrected chi connectivity index (χ1v) is 12.5. The van der Waals surface area contributed by atoms with E-state index in [-0.39, 0.29) is 16.4 Å². The van der Waals surface area contributed by atoms with Gasteiger partial charge in [-0.1, -0.05) is 6.07 Å². The van der Waals surface area contributed by atoms with Crippen molar-refractivity contribution in [2.45, 2.75) is 18.4 Å². The molecule has 0 spiro atoms. The lowest BCUT2D eigenvalue weighted by molar-refractivity contribution is 0.102. The standard InChI is InChI=1S/C26H27N3O5S/c1-18-4-10-23(35(31,32)28-20-5-8-22(34-3)9-6-20)17-24(18)26(30)27-21-7-11-25-19(16-21)12-13-29(25)14-15-33-2/h4-13,16-17,28H,14-15H2,1-3H3,(H,27,30). The van der Waals surface area contributed by atoms with Gasteiger partial charge in [0.15, 0.2) is 0 Å². The predicted octanol–water partition coefficient (Wildman–Crippen LogP) is 4.66. The van der Waals surface area contributed by atoms with Crippen molar-refractivity contribution in [3.8, 4) is 5.75 Å². The molecule has 1 heterocycles. The number of aromatic nitrogens is 1. The average molecular weight is 494 g/mol. The zero-order valence-electron chi connectivity index (χ0n) is 19.7. The highest BCUT2D eigenvalue weighted by molar-refractivity contribution is 7.92. The Hall–Kier alpha value is -3.82. The van der Waals surface area contributed by atoms with E-state index in [2.05, 4.69) is 14.6 Å². The van der Waals surface area contributed by atoms with Crippen molar-refractivity contribution in [1.82, 2.24) is 4.57 Å². The highest BCUT2D eigenvalue weighted by Gasteiger charge is 2.19. The van der Waals surface area contributed by atoms with Crippen molar-refractivity contribution in [1.29, 1.82) is 0 Å². The van der Waals surface area contributed by atoms with Crippen LogP contribution in [0.25, 0.3) is 10.9 Å². The molecule has 0 unspecified atom stereocenters. The summed E-state index contributed by atoms with van der Waals surface area (Å²) in [5.41, 5.74) is 2.99. The van der Waals surface area contributed by atoms with E-state index >= 15 is 0 Å². The van der Waals surface area contributed by atoms with Crippen LogP contribution in [-0.4, -0.2) is 39.7 Å².